The van der Waals surface area contributed by atoms with E-state index in [1.165, 1.54) is 6.07 Å². The van der Waals surface area contributed by atoms with E-state index in [0.29, 0.717) is 24.6 Å². The minimum absolute atomic E-state index is 0. The number of alkyl halides is 2. The van der Waals surface area contributed by atoms with Crippen molar-refractivity contribution in [2.75, 3.05) is 13.6 Å². The SMILES string of the molecule is CN=C(NCCc1nc(C(C)(C)C)cs1)NCc1ccccc1OC(F)F.I. The molecule has 0 aliphatic rings. The molecule has 28 heavy (non-hydrogen) atoms. The van der Waals surface area contributed by atoms with Crippen LogP contribution >= 0.6 is 35.3 Å². The summed E-state index contributed by atoms with van der Waals surface area (Å²) in [6.45, 7) is 4.59. The molecule has 0 aliphatic carbocycles. The second-order valence-electron chi connectivity index (χ2n) is 6.97. The molecule has 1 aromatic heterocycles. The van der Waals surface area contributed by atoms with Crippen LogP contribution in [0.4, 0.5) is 8.78 Å². The number of aliphatic imine (C=N–C) groups is 1. The summed E-state index contributed by atoms with van der Waals surface area (Å²) in [5.41, 5.74) is 1.78. The highest BCUT2D eigenvalue weighted by Gasteiger charge is 2.17. The summed E-state index contributed by atoms with van der Waals surface area (Å²) in [5.74, 6) is 0.752. The Kier molecular flexibility index (Phi) is 10.1. The number of ether oxygens (including phenoxy) is 1. The molecule has 9 heteroatoms. The number of hydrogen-bond acceptors (Lipinski definition) is 4. The zero-order valence-corrected chi connectivity index (χ0v) is 19.6. The normalized spacial score (nSPS) is 11.9. The number of nitrogens with zero attached hydrogens (tertiary/aromatic N) is 2. The average Bonchev–Trinajstić information content (AvgIpc) is 3.08. The molecule has 2 N–H and O–H groups in total. The molecular formula is C19H27F2IN4OS. The van der Waals surface area contributed by atoms with Crippen molar-refractivity contribution in [3.8, 4) is 5.75 Å². The zero-order valence-electron chi connectivity index (χ0n) is 16.5. The van der Waals surface area contributed by atoms with Crippen molar-refractivity contribution < 1.29 is 13.5 Å². The molecule has 0 aliphatic heterocycles. The van der Waals surface area contributed by atoms with Gasteiger partial charge in [0.2, 0.25) is 0 Å². The fourth-order valence-electron chi connectivity index (χ4n) is 2.32. The van der Waals surface area contributed by atoms with Gasteiger partial charge in [-0.05, 0) is 6.07 Å². The summed E-state index contributed by atoms with van der Waals surface area (Å²) in [6, 6.07) is 6.70. The highest BCUT2D eigenvalue weighted by molar-refractivity contribution is 14.0. The third kappa shape index (κ3) is 7.86. The van der Waals surface area contributed by atoms with Crippen LogP contribution in [0.25, 0.3) is 0 Å². The van der Waals surface area contributed by atoms with Gasteiger partial charge in [-0.3, -0.25) is 4.99 Å². The van der Waals surface area contributed by atoms with E-state index in [1.807, 2.05) is 0 Å². The molecule has 156 valence electrons. The highest BCUT2D eigenvalue weighted by Crippen LogP contribution is 2.24. The molecule has 0 spiro atoms. The second kappa shape index (κ2) is 11.5. The van der Waals surface area contributed by atoms with Gasteiger partial charge in [-0.2, -0.15) is 8.78 Å². The van der Waals surface area contributed by atoms with Crippen LogP contribution in [0.1, 0.15) is 37.0 Å². The summed E-state index contributed by atoms with van der Waals surface area (Å²) in [7, 11) is 1.66. The van der Waals surface area contributed by atoms with Crippen LogP contribution in [0.15, 0.2) is 34.6 Å². The van der Waals surface area contributed by atoms with E-state index in [4.69, 9.17) is 0 Å². The van der Waals surface area contributed by atoms with E-state index in [1.54, 1.807) is 36.6 Å². The van der Waals surface area contributed by atoms with Gasteiger partial charge in [-0.1, -0.05) is 39.0 Å². The summed E-state index contributed by atoms with van der Waals surface area (Å²) in [6.07, 6.45) is 0.784. The second-order valence-corrected chi connectivity index (χ2v) is 7.91. The van der Waals surface area contributed by atoms with E-state index >= 15 is 0 Å². The Morgan fingerprint density at radius 1 is 1.25 bits per heavy atom. The van der Waals surface area contributed by atoms with Crippen LogP contribution in [0.3, 0.4) is 0 Å². The van der Waals surface area contributed by atoms with E-state index < -0.39 is 6.61 Å². The molecule has 0 unspecified atom stereocenters. The van der Waals surface area contributed by atoms with Gasteiger partial charge in [0.25, 0.3) is 0 Å². The molecule has 0 saturated carbocycles. The van der Waals surface area contributed by atoms with Crippen molar-refractivity contribution in [2.45, 2.75) is 45.8 Å². The molecule has 0 atom stereocenters. The summed E-state index contributed by atoms with van der Waals surface area (Å²) in [5, 5.41) is 9.49. The van der Waals surface area contributed by atoms with Gasteiger partial charge in [-0.15, -0.1) is 35.3 Å². The van der Waals surface area contributed by atoms with Crippen molar-refractivity contribution >= 4 is 41.3 Å². The Balaban J connectivity index is 0.00000392. The summed E-state index contributed by atoms with van der Waals surface area (Å²) in [4.78, 5) is 8.83. The lowest BCUT2D eigenvalue weighted by molar-refractivity contribution is -0.0504. The Hall–Kier alpha value is -1.49. The molecule has 0 radical (unpaired) electrons. The van der Waals surface area contributed by atoms with E-state index in [2.05, 4.69) is 51.5 Å². The molecule has 5 nitrogen and oxygen atoms in total. The molecule has 0 bridgehead atoms. The lowest BCUT2D eigenvalue weighted by Crippen LogP contribution is -2.38. The minimum Gasteiger partial charge on any atom is -0.434 e. The van der Waals surface area contributed by atoms with Gasteiger partial charge < -0.3 is 15.4 Å². The molecular weight excluding hydrogens is 497 g/mol. The van der Waals surface area contributed by atoms with Gasteiger partial charge in [0, 0.05) is 42.9 Å². The first-order valence-electron chi connectivity index (χ1n) is 8.71. The summed E-state index contributed by atoms with van der Waals surface area (Å²) < 4.78 is 29.5. The standard InChI is InChI=1S/C19H26F2N4OS.HI/c1-19(2,3)15-12-27-16(25-15)9-10-23-18(22-4)24-11-13-7-5-6-8-14(13)26-17(20)21;/h5-8,12,17H,9-11H2,1-4H3,(H2,22,23,24);1H. The van der Waals surface area contributed by atoms with Crippen molar-refractivity contribution in [1.29, 1.82) is 0 Å². The van der Waals surface area contributed by atoms with Gasteiger partial charge in [0.1, 0.15) is 5.75 Å². The van der Waals surface area contributed by atoms with Crippen LogP contribution < -0.4 is 15.4 Å². The number of halogens is 3. The predicted octanol–water partition coefficient (Wildman–Crippen LogP) is 4.57. The number of rotatable bonds is 7. The van der Waals surface area contributed by atoms with Crippen molar-refractivity contribution in [1.82, 2.24) is 15.6 Å². The zero-order chi connectivity index (χ0) is 19.9. The third-order valence-corrected chi connectivity index (χ3v) is 4.72. The largest absolute Gasteiger partial charge is 0.434 e. The number of hydrogen-bond donors (Lipinski definition) is 2. The maximum atomic E-state index is 12.5. The molecule has 2 rings (SSSR count). The topological polar surface area (TPSA) is 58.5 Å². The van der Waals surface area contributed by atoms with Gasteiger partial charge >= 0.3 is 6.61 Å². The van der Waals surface area contributed by atoms with E-state index in [-0.39, 0.29) is 35.1 Å². The predicted molar refractivity (Wildman–Crippen MR) is 121 cm³/mol. The quantitative estimate of drug-likeness (QED) is 0.317. The van der Waals surface area contributed by atoms with Crippen LogP contribution in [0, 0.1) is 0 Å². The van der Waals surface area contributed by atoms with Gasteiger partial charge in [-0.25, -0.2) is 4.98 Å². The average molecular weight is 524 g/mol. The molecule has 1 aromatic carbocycles. The first-order chi connectivity index (χ1) is 12.8. The molecule has 1 heterocycles. The third-order valence-electron chi connectivity index (χ3n) is 3.81. The van der Waals surface area contributed by atoms with Crippen molar-refractivity contribution in [2.24, 2.45) is 4.99 Å². The van der Waals surface area contributed by atoms with Crippen LogP contribution in [-0.4, -0.2) is 31.1 Å². The summed E-state index contributed by atoms with van der Waals surface area (Å²) >= 11 is 1.65. The monoisotopic (exact) mass is 524 g/mol. The highest BCUT2D eigenvalue weighted by atomic mass is 127. The Bertz CT molecular complexity index is 762. The Morgan fingerprint density at radius 2 is 1.96 bits per heavy atom. The lowest BCUT2D eigenvalue weighted by atomic mass is 9.93. The fraction of sp³-hybridized carbons (Fsp3) is 0.474. The number of guanidine groups is 1. The van der Waals surface area contributed by atoms with Crippen LogP contribution in [0.2, 0.25) is 0 Å². The number of thiazole rings is 1. The number of nitrogens with one attached hydrogen (secondary N) is 2. The Morgan fingerprint density at radius 3 is 2.57 bits per heavy atom. The first kappa shape index (κ1) is 24.5. The van der Waals surface area contributed by atoms with Crippen LogP contribution in [-0.2, 0) is 18.4 Å². The molecule has 0 saturated heterocycles. The molecule has 2 aromatic rings. The number of para-hydroxylation sites is 1. The van der Waals surface area contributed by atoms with Crippen molar-refractivity contribution in [3.63, 3.8) is 0 Å². The maximum Gasteiger partial charge on any atom is 0.387 e. The lowest BCUT2D eigenvalue weighted by Gasteiger charge is -2.15. The van der Waals surface area contributed by atoms with Crippen molar-refractivity contribution in [3.05, 3.63) is 45.9 Å². The smallest absolute Gasteiger partial charge is 0.387 e. The minimum atomic E-state index is -2.85. The number of benzene rings is 1. The van der Waals surface area contributed by atoms with Crippen LogP contribution in [0.5, 0.6) is 5.75 Å². The maximum absolute atomic E-state index is 12.5. The van der Waals surface area contributed by atoms with Gasteiger partial charge in [0.15, 0.2) is 5.96 Å². The molecule has 0 fully saturated rings. The van der Waals surface area contributed by atoms with Gasteiger partial charge in [0.05, 0.1) is 10.7 Å². The molecule has 0 amide bonds. The number of aromatic nitrogens is 1. The van der Waals surface area contributed by atoms with E-state index in [0.717, 1.165) is 17.1 Å². The first-order valence-corrected chi connectivity index (χ1v) is 9.59. The van der Waals surface area contributed by atoms with E-state index in [9.17, 15) is 8.78 Å². The fourth-order valence-corrected chi connectivity index (χ4v) is 3.34. The Labute approximate surface area is 186 Å².